The number of nitrogens with zero attached hydrogens (tertiary/aromatic N) is 1. The Morgan fingerprint density at radius 3 is 2.65 bits per heavy atom. The van der Waals surface area contributed by atoms with Gasteiger partial charge < -0.3 is 10.1 Å². The molecule has 0 spiro atoms. The molecule has 0 radical (unpaired) electrons. The van der Waals surface area contributed by atoms with Crippen LogP contribution in [0.15, 0.2) is 30.3 Å². The monoisotopic (exact) mass is 278 g/mol. The van der Waals surface area contributed by atoms with Gasteiger partial charge in [-0.05, 0) is 43.8 Å². The number of ether oxygens (including phenoxy) is 1. The van der Waals surface area contributed by atoms with Gasteiger partial charge in [-0.2, -0.15) is 0 Å². The van der Waals surface area contributed by atoms with Crippen molar-refractivity contribution in [3.63, 3.8) is 0 Å². The standard InChI is InChI=1S/C15H16F2N2O/c1-10-3-6-15(14(19-10)8-18-2)20-9-11-4-5-12(16)13(17)7-11/h3-7,18H,8-9H2,1-2H3. The number of pyridine rings is 1. The van der Waals surface area contributed by atoms with Crippen molar-refractivity contribution < 1.29 is 13.5 Å². The van der Waals surface area contributed by atoms with Gasteiger partial charge >= 0.3 is 0 Å². The Morgan fingerprint density at radius 1 is 1.15 bits per heavy atom. The van der Waals surface area contributed by atoms with Crippen LogP contribution in [0.5, 0.6) is 5.75 Å². The van der Waals surface area contributed by atoms with E-state index in [-0.39, 0.29) is 6.61 Å². The van der Waals surface area contributed by atoms with E-state index >= 15 is 0 Å². The summed E-state index contributed by atoms with van der Waals surface area (Å²) in [6.07, 6.45) is 0. The average Bonchev–Trinajstić information content (AvgIpc) is 2.42. The quantitative estimate of drug-likeness (QED) is 0.913. The maximum atomic E-state index is 13.1. The van der Waals surface area contributed by atoms with Crippen molar-refractivity contribution in [2.45, 2.75) is 20.1 Å². The summed E-state index contributed by atoms with van der Waals surface area (Å²) in [5, 5.41) is 3.01. The van der Waals surface area contributed by atoms with Gasteiger partial charge in [-0.3, -0.25) is 4.98 Å². The first-order chi connectivity index (χ1) is 9.60. The van der Waals surface area contributed by atoms with Crippen molar-refractivity contribution in [3.8, 4) is 5.75 Å². The van der Waals surface area contributed by atoms with Crippen LogP contribution in [0.4, 0.5) is 8.78 Å². The van der Waals surface area contributed by atoms with E-state index in [4.69, 9.17) is 4.74 Å². The molecule has 5 heteroatoms. The number of aromatic nitrogens is 1. The molecule has 1 heterocycles. The third kappa shape index (κ3) is 3.51. The zero-order chi connectivity index (χ0) is 14.5. The van der Waals surface area contributed by atoms with E-state index < -0.39 is 11.6 Å². The molecule has 0 amide bonds. The lowest BCUT2D eigenvalue weighted by Gasteiger charge is -2.11. The SMILES string of the molecule is CNCc1nc(C)ccc1OCc1ccc(F)c(F)c1. The lowest BCUT2D eigenvalue weighted by atomic mass is 10.2. The van der Waals surface area contributed by atoms with E-state index in [2.05, 4.69) is 10.3 Å². The third-order valence-corrected chi connectivity index (χ3v) is 2.79. The molecule has 1 aromatic carbocycles. The van der Waals surface area contributed by atoms with Gasteiger partial charge in [0.05, 0.1) is 5.69 Å². The predicted octanol–water partition coefficient (Wildman–Crippen LogP) is 2.97. The number of aryl methyl sites for hydroxylation is 1. The van der Waals surface area contributed by atoms with Crippen LogP contribution in [0.3, 0.4) is 0 Å². The molecular formula is C15H16F2N2O. The van der Waals surface area contributed by atoms with Crippen molar-refractivity contribution in [3.05, 3.63) is 58.9 Å². The van der Waals surface area contributed by atoms with Crippen LogP contribution >= 0.6 is 0 Å². The van der Waals surface area contributed by atoms with Crippen molar-refractivity contribution >= 4 is 0 Å². The third-order valence-electron chi connectivity index (χ3n) is 2.79. The summed E-state index contributed by atoms with van der Waals surface area (Å²) < 4.78 is 31.6. The minimum Gasteiger partial charge on any atom is -0.487 e. The van der Waals surface area contributed by atoms with Gasteiger partial charge in [-0.25, -0.2) is 8.78 Å². The lowest BCUT2D eigenvalue weighted by Crippen LogP contribution is -2.10. The normalized spacial score (nSPS) is 10.6. The zero-order valence-corrected chi connectivity index (χ0v) is 11.4. The van der Waals surface area contributed by atoms with Crippen molar-refractivity contribution in [1.29, 1.82) is 0 Å². The van der Waals surface area contributed by atoms with Crippen LogP contribution in [0.25, 0.3) is 0 Å². The van der Waals surface area contributed by atoms with Gasteiger partial charge in [0, 0.05) is 12.2 Å². The van der Waals surface area contributed by atoms with Crippen LogP contribution < -0.4 is 10.1 Å². The number of halogens is 2. The topological polar surface area (TPSA) is 34.2 Å². The van der Waals surface area contributed by atoms with Gasteiger partial charge in [-0.1, -0.05) is 6.07 Å². The van der Waals surface area contributed by atoms with E-state index in [1.165, 1.54) is 6.07 Å². The summed E-state index contributed by atoms with van der Waals surface area (Å²) in [6, 6.07) is 7.40. The molecule has 2 rings (SSSR count). The summed E-state index contributed by atoms with van der Waals surface area (Å²) >= 11 is 0. The number of nitrogens with one attached hydrogen (secondary N) is 1. The van der Waals surface area contributed by atoms with Gasteiger partial charge in [0.1, 0.15) is 12.4 Å². The van der Waals surface area contributed by atoms with Crippen LogP contribution in [0.2, 0.25) is 0 Å². The maximum Gasteiger partial charge on any atom is 0.159 e. The van der Waals surface area contributed by atoms with Crippen LogP contribution in [-0.2, 0) is 13.2 Å². The first kappa shape index (κ1) is 14.4. The van der Waals surface area contributed by atoms with Crippen molar-refractivity contribution in [1.82, 2.24) is 10.3 Å². The minimum absolute atomic E-state index is 0.165. The molecule has 0 bridgehead atoms. The van der Waals surface area contributed by atoms with Gasteiger partial charge in [-0.15, -0.1) is 0 Å². The first-order valence-corrected chi connectivity index (χ1v) is 6.28. The van der Waals surface area contributed by atoms with Gasteiger partial charge in [0.25, 0.3) is 0 Å². The summed E-state index contributed by atoms with van der Waals surface area (Å²) in [6.45, 7) is 2.64. The maximum absolute atomic E-state index is 13.1. The Bertz CT molecular complexity index is 602. The number of rotatable bonds is 5. The van der Waals surface area contributed by atoms with Gasteiger partial charge in [0.2, 0.25) is 0 Å². The molecule has 1 aromatic heterocycles. The number of hydrogen-bond donors (Lipinski definition) is 1. The molecule has 0 saturated heterocycles. The fourth-order valence-corrected chi connectivity index (χ4v) is 1.81. The highest BCUT2D eigenvalue weighted by Gasteiger charge is 2.07. The predicted molar refractivity (Wildman–Crippen MR) is 72.4 cm³/mol. The van der Waals surface area contributed by atoms with E-state index in [0.717, 1.165) is 23.5 Å². The summed E-state index contributed by atoms with van der Waals surface area (Å²) in [7, 11) is 1.82. The van der Waals surface area contributed by atoms with Crippen LogP contribution in [0, 0.1) is 18.6 Å². The molecule has 106 valence electrons. The van der Waals surface area contributed by atoms with Crippen molar-refractivity contribution in [2.75, 3.05) is 7.05 Å². The van der Waals surface area contributed by atoms with Gasteiger partial charge in [0.15, 0.2) is 11.6 Å². The Hall–Kier alpha value is -2.01. The molecule has 1 N–H and O–H groups in total. The molecular weight excluding hydrogens is 262 g/mol. The summed E-state index contributed by atoms with van der Waals surface area (Å²) in [5.41, 5.74) is 2.25. The second-order valence-electron chi connectivity index (χ2n) is 4.46. The smallest absolute Gasteiger partial charge is 0.159 e. The lowest BCUT2D eigenvalue weighted by molar-refractivity contribution is 0.299. The fraction of sp³-hybridized carbons (Fsp3) is 0.267. The molecule has 0 aliphatic carbocycles. The molecule has 3 nitrogen and oxygen atoms in total. The Kier molecular flexibility index (Phi) is 4.63. The average molecular weight is 278 g/mol. The minimum atomic E-state index is -0.872. The highest BCUT2D eigenvalue weighted by atomic mass is 19.2. The van der Waals surface area contributed by atoms with E-state index in [0.29, 0.717) is 17.9 Å². The first-order valence-electron chi connectivity index (χ1n) is 6.28. The highest BCUT2D eigenvalue weighted by molar-refractivity contribution is 5.29. The molecule has 0 atom stereocenters. The molecule has 0 fully saturated rings. The van der Waals surface area contributed by atoms with Crippen LogP contribution in [0.1, 0.15) is 17.0 Å². The summed E-state index contributed by atoms with van der Waals surface area (Å²) in [5.74, 6) is -1.10. The molecule has 0 unspecified atom stereocenters. The van der Waals surface area contributed by atoms with E-state index in [1.54, 1.807) is 0 Å². The molecule has 20 heavy (non-hydrogen) atoms. The Balaban J connectivity index is 2.11. The number of benzene rings is 1. The zero-order valence-electron chi connectivity index (χ0n) is 11.4. The molecule has 0 aliphatic rings. The Morgan fingerprint density at radius 2 is 1.95 bits per heavy atom. The Labute approximate surface area is 116 Å². The van der Waals surface area contributed by atoms with Crippen molar-refractivity contribution in [2.24, 2.45) is 0 Å². The molecule has 0 saturated carbocycles. The molecule has 2 aromatic rings. The summed E-state index contributed by atoms with van der Waals surface area (Å²) in [4.78, 5) is 4.39. The van der Waals surface area contributed by atoms with E-state index in [9.17, 15) is 8.78 Å². The number of hydrogen-bond acceptors (Lipinski definition) is 3. The second kappa shape index (κ2) is 6.43. The molecule has 0 aliphatic heterocycles. The largest absolute Gasteiger partial charge is 0.487 e. The highest BCUT2D eigenvalue weighted by Crippen LogP contribution is 2.19. The van der Waals surface area contributed by atoms with E-state index in [1.807, 2.05) is 26.1 Å². The second-order valence-corrected chi connectivity index (χ2v) is 4.46. The van der Waals surface area contributed by atoms with Crippen LogP contribution in [-0.4, -0.2) is 12.0 Å². The fourth-order valence-electron chi connectivity index (χ4n) is 1.81.